The highest BCUT2D eigenvalue weighted by Gasteiger charge is 2.28. The molecule has 0 atom stereocenters. The average molecular weight is 458 g/mol. The quantitative estimate of drug-likeness (QED) is 0.383. The van der Waals surface area contributed by atoms with E-state index in [1.807, 2.05) is 16.7 Å². The molecule has 7 nitrogen and oxygen atoms in total. The molecule has 0 unspecified atom stereocenters. The Hall–Kier alpha value is -2.84. The number of rotatable bonds is 6. The molecule has 168 valence electrons. The second kappa shape index (κ2) is 8.60. The highest BCUT2D eigenvalue weighted by atomic mass is 35.5. The van der Waals surface area contributed by atoms with E-state index in [-0.39, 0.29) is 17.1 Å². The Balaban J connectivity index is 1.46. The van der Waals surface area contributed by atoms with Gasteiger partial charge in [-0.1, -0.05) is 31.5 Å². The van der Waals surface area contributed by atoms with Crippen molar-refractivity contribution in [3.8, 4) is 11.3 Å². The Kier molecular flexibility index (Phi) is 6.01. The lowest BCUT2D eigenvalue weighted by Gasteiger charge is -2.35. The van der Waals surface area contributed by atoms with Crippen molar-refractivity contribution in [2.24, 2.45) is 5.41 Å². The number of benzene rings is 1. The molecule has 1 aromatic carbocycles. The van der Waals surface area contributed by atoms with Crippen LogP contribution in [0.2, 0.25) is 5.02 Å². The zero-order valence-corrected chi connectivity index (χ0v) is 19.1. The van der Waals surface area contributed by atoms with Gasteiger partial charge in [-0.3, -0.25) is 9.88 Å². The fourth-order valence-corrected chi connectivity index (χ4v) is 4.52. The van der Waals surface area contributed by atoms with E-state index in [1.165, 1.54) is 18.3 Å². The van der Waals surface area contributed by atoms with Gasteiger partial charge in [0.15, 0.2) is 0 Å². The molecular weight excluding hydrogens is 433 g/mol. The maximum Gasteiger partial charge on any atom is 0.381 e. The molecule has 0 aliphatic carbocycles. The van der Waals surface area contributed by atoms with E-state index >= 15 is 0 Å². The van der Waals surface area contributed by atoms with Gasteiger partial charge in [0.1, 0.15) is 12.0 Å². The highest BCUT2D eigenvalue weighted by Crippen LogP contribution is 2.30. The third-order valence-corrected chi connectivity index (χ3v) is 6.06. The topological polar surface area (TPSA) is 77.1 Å². The molecule has 3 aromatic rings. The van der Waals surface area contributed by atoms with E-state index in [9.17, 15) is 14.5 Å². The molecule has 0 N–H and O–H groups in total. The molecule has 0 fully saturated rings. The first-order valence-electron chi connectivity index (χ1n) is 10.5. The highest BCUT2D eigenvalue weighted by molar-refractivity contribution is 6.33. The smallest absolute Gasteiger partial charge is 0.358 e. The van der Waals surface area contributed by atoms with Crippen molar-refractivity contribution < 1.29 is 9.31 Å². The number of aryl methyl sites for hydroxylation is 1. The van der Waals surface area contributed by atoms with Crippen LogP contribution >= 0.6 is 11.6 Å². The summed E-state index contributed by atoms with van der Waals surface area (Å²) in [5, 5.41) is 11.5. The van der Waals surface area contributed by atoms with Gasteiger partial charge in [0.2, 0.25) is 5.82 Å². The van der Waals surface area contributed by atoms with Crippen LogP contribution in [0.25, 0.3) is 11.3 Å². The Labute approximate surface area is 191 Å². The number of aromatic nitrogens is 3. The number of pyridine rings is 1. The summed E-state index contributed by atoms with van der Waals surface area (Å²) >= 11 is 6.25. The lowest BCUT2D eigenvalue weighted by atomic mass is 9.91. The summed E-state index contributed by atoms with van der Waals surface area (Å²) in [4.78, 5) is 21.7. The predicted molar refractivity (Wildman–Crippen MR) is 121 cm³/mol. The normalized spacial score (nSPS) is 14.4. The second-order valence-corrected chi connectivity index (χ2v) is 9.49. The van der Waals surface area contributed by atoms with E-state index in [1.54, 1.807) is 13.0 Å². The van der Waals surface area contributed by atoms with Crippen LogP contribution in [0.15, 0.2) is 36.5 Å². The summed E-state index contributed by atoms with van der Waals surface area (Å²) in [5.74, 6) is 0.183. The number of nitro groups is 1. The summed E-state index contributed by atoms with van der Waals surface area (Å²) in [7, 11) is 0. The van der Waals surface area contributed by atoms with Crippen molar-refractivity contribution in [2.45, 2.75) is 40.3 Å². The minimum Gasteiger partial charge on any atom is -0.358 e. The molecule has 0 amide bonds. The largest absolute Gasteiger partial charge is 0.381 e. The Morgan fingerprint density at radius 1 is 1.22 bits per heavy atom. The third kappa shape index (κ3) is 4.81. The molecule has 1 aliphatic rings. The SMILES string of the molecule is Cc1nc([N+](=O)[O-])cn1CC(C)(C)CN1CCc2nc(-c3cc(F)ccc3Cl)ccc2C1. The number of hydrogen-bond acceptors (Lipinski definition) is 5. The zero-order valence-electron chi connectivity index (χ0n) is 18.3. The predicted octanol–water partition coefficient (Wildman–Crippen LogP) is 5.04. The maximum atomic E-state index is 13.7. The fourth-order valence-electron chi connectivity index (χ4n) is 4.31. The summed E-state index contributed by atoms with van der Waals surface area (Å²) < 4.78 is 15.5. The number of hydrogen-bond donors (Lipinski definition) is 0. The number of halogens is 2. The van der Waals surface area contributed by atoms with E-state index in [4.69, 9.17) is 16.6 Å². The molecular formula is C23H25ClFN5O2. The number of fused-ring (bicyclic) bond motifs is 1. The first-order chi connectivity index (χ1) is 15.1. The molecule has 32 heavy (non-hydrogen) atoms. The van der Waals surface area contributed by atoms with Crippen LogP contribution in [0.1, 0.15) is 30.9 Å². The van der Waals surface area contributed by atoms with Crippen LogP contribution in [0, 0.1) is 28.3 Å². The maximum absolute atomic E-state index is 13.7. The summed E-state index contributed by atoms with van der Waals surface area (Å²) in [6.45, 7) is 9.18. The molecule has 0 radical (unpaired) electrons. The van der Waals surface area contributed by atoms with Crippen molar-refractivity contribution in [2.75, 3.05) is 13.1 Å². The minimum absolute atomic E-state index is 0.112. The van der Waals surface area contributed by atoms with Crippen molar-refractivity contribution in [1.29, 1.82) is 0 Å². The minimum atomic E-state index is -0.462. The van der Waals surface area contributed by atoms with Gasteiger partial charge in [-0.2, -0.15) is 0 Å². The molecule has 0 spiro atoms. The van der Waals surface area contributed by atoms with Crippen LogP contribution in [-0.4, -0.2) is 37.4 Å². The summed E-state index contributed by atoms with van der Waals surface area (Å²) in [5.41, 5.74) is 3.33. The molecule has 9 heteroatoms. The first-order valence-corrected chi connectivity index (χ1v) is 10.8. The standard InChI is InChI=1S/C23H25ClFN5O2/c1-15-26-22(30(31)32)12-29(15)14-23(2,3)13-28-9-8-20-16(11-28)4-7-21(27-20)18-10-17(25)5-6-19(18)24/h4-7,10,12H,8-9,11,13-14H2,1-3H3. The number of imidazole rings is 1. The van der Waals surface area contributed by atoms with Crippen LogP contribution in [0.5, 0.6) is 0 Å². The van der Waals surface area contributed by atoms with Gasteiger partial charge in [-0.15, -0.1) is 0 Å². The van der Waals surface area contributed by atoms with Crippen molar-refractivity contribution >= 4 is 17.4 Å². The molecule has 0 saturated carbocycles. The lowest BCUT2D eigenvalue weighted by molar-refractivity contribution is -0.389. The average Bonchev–Trinajstić information content (AvgIpc) is 3.09. The van der Waals surface area contributed by atoms with Gasteiger partial charge < -0.3 is 14.7 Å². The van der Waals surface area contributed by atoms with Crippen molar-refractivity contribution in [3.05, 3.63) is 74.6 Å². The summed E-state index contributed by atoms with van der Waals surface area (Å²) in [6.07, 6.45) is 2.30. The Bertz CT molecular complexity index is 1180. The van der Waals surface area contributed by atoms with E-state index in [0.717, 1.165) is 37.3 Å². The molecule has 3 heterocycles. The third-order valence-electron chi connectivity index (χ3n) is 5.73. The van der Waals surface area contributed by atoms with E-state index < -0.39 is 4.92 Å². The van der Waals surface area contributed by atoms with Crippen LogP contribution < -0.4 is 0 Å². The van der Waals surface area contributed by atoms with Crippen molar-refractivity contribution in [1.82, 2.24) is 19.4 Å². The number of nitrogens with zero attached hydrogens (tertiary/aromatic N) is 5. The lowest BCUT2D eigenvalue weighted by Crippen LogP contribution is -2.40. The van der Waals surface area contributed by atoms with E-state index in [0.29, 0.717) is 28.6 Å². The monoisotopic (exact) mass is 457 g/mol. The van der Waals surface area contributed by atoms with Gasteiger partial charge in [0, 0.05) is 50.8 Å². The Morgan fingerprint density at radius 2 is 2.00 bits per heavy atom. The van der Waals surface area contributed by atoms with Gasteiger partial charge in [-0.25, -0.2) is 4.39 Å². The van der Waals surface area contributed by atoms with Gasteiger partial charge in [0.25, 0.3) is 0 Å². The van der Waals surface area contributed by atoms with Crippen LogP contribution in [-0.2, 0) is 19.5 Å². The van der Waals surface area contributed by atoms with E-state index in [2.05, 4.69) is 23.7 Å². The van der Waals surface area contributed by atoms with Gasteiger partial charge in [-0.05, 0) is 45.2 Å². The van der Waals surface area contributed by atoms with Gasteiger partial charge in [0.05, 0.1) is 10.7 Å². The molecule has 1 aliphatic heterocycles. The van der Waals surface area contributed by atoms with Crippen molar-refractivity contribution in [3.63, 3.8) is 0 Å². The molecule has 4 rings (SSSR count). The molecule has 0 saturated heterocycles. The zero-order chi connectivity index (χ0) is 23.0. The van der Waals surface area contributed by atoms with Crippen LogP contribution in [0.3, 0.4) is 0 Å². The second-order valence-electron chi connectivity index (χ2n) is 9.08. The Morgan fingerprint density at radius 3 is 2.72 bits per heavy atom. The first kappa shape index (κ1) is 22.4. The van der Waals surface area contributed by atoms with Gasteiger partial charge >= 0.3 is 5.82 Å². The molecule has 0 bridgehead atoms. The van der Waals surface area contributed by atoms with Crippen LogP contribution in [0.4, 0.5) is 10.2 Å². The fraction of sp³-hybridized carbons (Fsp3) is 0.391. The summed E-state index contributed by atoms with van der Waals surface area (Å²) in [6, 6.07) is 8.24. The molecule has 2 aromatic heterocycles.